The van der Waals surface area contributed by atoms with E-state index < -0.39 is 0 Å². The molecule has 0 amide bonds. The average Bonchev–Trinajstić information content (AvgIpc) is 1.86. The Morgan fingerprint density at radius 2 is 2.50 bits per heavy atom. The molecule has 0 unspecified atom stereocenters. The average molecular weight is 130 g/mol. The Bertz CT molecular complexity index is 101. The van der Waals surface area contributed by atoms with Crippen LogP contribution in [-0.4, -0.2) is 0 Å². The van der Waals surface area contributed by atoms with Crippen LogP contribution in [0.1, 0.15) is 6.42 Å². The van der Waals surface area contributed by atoms with E-state index in [2.05, 4.69) is 18.2 Å². The van der Waals surface area contributed by atoms with Crippen LogP contribution in [0.15, 0.2) is 22.4 Å². The number of hydrogen-bond acceptors (Lipinski definition) is 0. The van der Waals surface area contributed by atoms with Crippen molar-refractivity contribution < 1.29 is 18.3 Å². The van der Waals surface area contributed by atoms with Gasteiger partial charge in [-0.25, -0.2) is 0 Å². The standard InChI is InChI=1S/C5H5.Zn/c1-2-4-5-3-1;/h1-3H,4H2;. The van der Waals surface area contributed by atoms with Gasteiger partial charge >= 0.3 is 47.1 Å². The van der Waals surface area contributed by atoms with E-state index in [1.165, 1.54) is 24.7 Å². The Hall–Kier alpha value is 0.103. The number of allylic oxidation sites excluding steroid dienone is 4. The Labute approximate surface area is 47.6 Å². The van der Waals surface area contributed by atoms with Gasteiger partial charge in [-0.3, -0.25) is 0 Å². The molecule has 0 fully saturated rings. The Morgan fingerprint density at radius 3 is 2.67 bits per heavy atom. The fourth-order valence-electron chi connectivity index (χ4n) is 0.492. The molecular formula is C5H5Zn. The zero-order chi connectivity index (χ0) is 4.41. The second-order valence-electron chi connectivity index (χ2n) is 1.46. The third-order valence-corrected chi connectivity index (χ3v) is 1.95. The van der Waals surface area contributed by atoms with Gasteiger partial charge in [0.1, 0.15) is 0 Å². The first kappa shape index (κ1) is 4.27. The molecule has 0 aromatic rings. The molecule has 0 atom stereocenters. The van der Waals surface area contributed by atoms with Gasteiger partial charge in [0, 0.05) is 0 Å². The van der Waals surface area contributed by atoms with E-state index in [4.69, 9.17) is 0 Å². The molecule has 0 saturated heterocycles. The summed E-state index contributed by atoms with van der Waals surface area (Å²) in [6.07, 6.45) is 7.73. The maximum atomic E-state index is 2.19. The molecule has 0 nitrogen and oxygen atoms in total. The van der Waals surface area contributed by atoms with Gasteiger partial charge in [-0.05, 0) is 0 Å². The topological polar surface area (TPSA) is 0 Å². The van der Waals surface area contributed by atoms with Crippen LogP contribution < -0.4 is 0 Å². The van der Waals surface area contributed by atoms with Gasteiger partial charge in [-0.2, -0.15) is 0 Å². The summed E-state index contributed by atoms with van der Waals surface area (Å²) in [5.41, 5.74) is 0. The van der Waals surface area contributed by atoms with Crippen molar-refractivity contribution in [3.05, 3.63) is 22.4 Å². The molecule has 0 N–H and O–H groups in total. The van der Waals surface area contributed by atoms with Gasteiger partial charge in [0.25, 0.3) is 0 Å². The van der Waals surface area contributed by atoms with Gasteiger partial charge < -0.3 is 0 Å². The first-order valence-electron chi connectivity index (χ1n) is 2.07. The molecule has 1 heteroatoms. The van der Waals surface area contributed by atoms with E-state index in [1.807, 2.05) is 0 Å². The maximum absolute atomic E-state index is 2.19. The zero-order valence-electron chi connectivity index (χ0n) is 3.65. The number of rotatable bonds is 0. The number of hydrogen-bond donors (Lipinski definition) is 0. The van der Waals surface area contributed by atoms with Crippen LogP contribution in [0.5, 0.6) is 0 Å². The van der Waals surface area contributed by atoms with Gasteiger partial charge in [0.05, 0.1) is 0 Å². The molecule has 0 aliphatic heterocycles. The summed E-state index contributed by atoms with van der Waals surface area (Å²) in [7, 11) is 0. The summed E-state index contributed by atoms with van der Waals surface area (Å²) in [4.78, 5) is 0. The van der Waals surface area contributed by atoms with E-state index >= 15 is 0 Å². The van der Waals surface area contributed by atoms with Crippen molar-refractivity contribution >= 4 is 0 Å². The van der Waals surface area contributed by atoms with E-state index in [0.717, 1.165) is 0 Å². The van der Waals surface area contributed by atoms with Crippen molar-refractivity contribution in [2.45, 2.75) is 6.42 Å². The molecule has 0 aromatic heterocycles. The van der Waals surface area contributed by atoms with Crippen LogP contribution in [0.25, 0.3) is 0 Å². The molecule has 0 bridgehead atoms. The molecular weight excluding hydrogens is 125 g/mol. The molecule has 0 heterocycles. The van der Waals surface area contributed by atoms with Crippen molar-refractivity contribution in [2.75, 3.05) is 0 Å². The molecule has 1 rings (SSSR count). The third-order valence-electron chi connectivity index (χ3n) is 0.848. The molecule has 1 aliphatic rings. The first-order valence-corrected chi connectivity index (χ1v) is 3.55. The van der Waals surface area contributed by atoms with E-state index in [-0.39, 0.29) is 0 Å². The Balaban J connectivity index is 2.61. The van der Waals surface area contributed by atoms with Gasteiger partial charge in [0.2, 0.25) is 0 Å². The van der Waals surface area contributed by atoms with E-state index in [0.29, 0.717) is 0 Å². The summed E-state index contributed by atoms with van der Waals surface area (Å²) in [5.74, 6) is 0. The Kier molecular flexibility index (Phi) is 1.21. The van der Waals surface area contributed by atoms with Crippen molar-refractivity contribution in [1.82, 2.24) is 0 Å². The summed E-state index contributed by atoms with van der Waals surface area (Å²) >= 11 is 1.34. The van der Waals surface area contributed by atoms with Crippen molar-refractivity contribution in [3.63, 3.8) is 0 Å². The molecule has 0 saturated carbocycles. The third kappa shape index (κ3) is 0.783. The molecule has 0 aromatic carbocycles. The molecule has 6 heavy (non-hydrogen) atoms. The minimum atomic E-state index is 1.22. The second kappa shape index (κ2) is 1.70. The first-order chi connectivity index (χ1) is 2.89. The summed E-state index contributed by atoms with van der Waals surface area (Å²) in [6.45, 7) is 0. The molecule has 27 valence electrons. The van der Waals surface area contributed by atoms with Gasteiger partial charge in [-0.1, -0.05) is 0 Å². The van der Waals surface area contributed by atoms with Gasteiger partial charge in [-0.15, -0.1) is 0 Å². The van der Waals surface area contributed by atoms with Crippen LogP contribution in [-0.2, 0) is 18.3 Å². The van der Waals surface area contributed by atoms with Crippen molar-refractivity contribution in [1.29, 1.82) is 0 Å². The normalized spacial score (nSPS) is 18.7. The summed E-state index contributed by atoms with van der Waals surface area (Å²) in [5, 5.41) is 0. The summed E-state index contributed by atoms with van der Waals surface area (Å²) in [6, 6.07) is 0. The second-order valence-corrected chi connectivity index (χ2v) is 3.36. The van der Waals surface area contributed by atoms with E-state index in [9.17, 15) is 0 Å². The van der Waals surface area contributed by atoms with Crippen LogP contribution >= 0.6 is 0 Å². The fraction of sp³-hybridized carbons (Fsp3) is 0.200. The SMILES string of the molecule is [Zn][C]1=CC=CC1. The van der Waals surface area contributed by atoms with Crippen LogP contribution in [0.2, 0.25) is 0 Å². The van der Waals surface area contributed by atoms with Crippen molar-refractivity contribution in [3.8, 4) is 0 Å². The molecule has 1 aliphatic carbocycles. The van der Waals surface area contributed by atoms with Crippen LogP contribution in [0, 0.1) is 0 Å². The quantitative estimate of drug-likeness (QED) is 0.435. The zero-order valence-corrected chi connectivity index (χ0v) is 6.61. The predicted octanol–water partition coefficient (Wildman–Crippen LogP) is 1.38. The molecule has 0 radical (unpaired) electrons. The predicted molar refractivity (Wildman–Crippen MR) is 21.8 cm³/mol. The monoisotopic (exact) mass is 129 g/mol. The van der Waals surface area contributed by atoms with Crippen molar-refractivity contribution in [2.24, 2.45) is 0 Å². The van der Waals surface area contributed by atoms with Crippen LogP contribution in [0.3, 0.4) is 0 Å². The molecule has 0 spiro atoms. The van der Waals surface area contributed by atoms with Gasteiger partial charge in [0.15, 0.2) is 0 Å². The van der Waals surface area contributed by atoms with Crippen LogP contribution in [0.4, 0.5) is 0 Å². The summed E-state index contributed by atoms with van der Waals surface area (Å²) < 4.78 is 1.59. The fourth-order valence-corrected chi connectivity index (χ4v) is 1.13. The van der Waals surface area contributed by atoms with E-state index in [1.54, 1.807) is 4.17 Å². The Morgan fingerprint density at radius 1 is 1.67 bits per heavy atom. The minimum absolute atomic E-state index is 1.22.